The second-order valence-electron chi connectivity index (χ2n) is 10.4. The third-order valence-corrected chi connectivity index (χ3v) is 7.14. The molecule has 0 unspecified atom stereocenters. The van der Waals surface area contributed by atoms with Crippen LogP contribution in [-0.2, 0) is 4.79 Å². The van der Waals surface area contributed by atoms with Crippen molar-refractivity contribution in [2.45, 2.75) is 72.8 Å². The molecule has 1 aliphatic rings. The van der Waals surface area contributed by atoms with Gasteiger partial charge in [-0.25, -0.2) is 14.8 Å². The Morgan fingerprint density at radius 2 is 1.89 bits per heavy atom. The van der Waals surface area contributed by atoms with Gasteiger partial charge in [-0.2, -0.15) is 0 Å². The zero-order valence-electron chi connectivity index (χ0n) is 21.2. The van der Waals surface area contributed by atoms with Crippen molar-refractivity contribution in [3.05, 3.63) is 34.5 Å². The molecule has 1 aliphatic carbocycles. The number of carboxylic acid groups (broad SMARTS) is 1. The molecule has 2 aromatic rings. The van der Waals surface area contributed by atoms with Gasteiger partial charge in [-0.1, -0.05) is 18.8 Å². The van der Waals surface area contributed by atoms with Crippen molar-refractivity contribution in [3.63, 3.8) is 0 Å². The van der Waals surface area contributed by atoms with Crippen LogP contribution >= 0.6 is 11.3 Å². The third-order valence-electron chi connectivity index (χ3n) is 6.11. The SMILES string of the molecule is CC1CCC(C(=O)N(c2cc(C#CC(C)(C)C)sc2C(=O)O)[C@@H](C)CCOc2cncnc2)CC1. The molecule has 2 aromatic heterocycles. The standard InChI is InChI=1S/C27H35N3O4S/c1-18-6-8-20(9-7-18)25(31)30(19(2)11-13-34-21-15-28-17-29-16-21)23-14-22(10-12-27(3,4)5)35-24(23)26(32)33/h14-20H,6-9,11,13H2,1-5H3,(H,32,33)/t18?,19-,20?/m0/s1. The maximum atomic E-state index is 13.8. The van der Waals surface area contributed by atoms with Crippen LogP contribution in [0.4, 0.5) is 5.69 Å². The first kappa shape index (κ1) is 26.7. The van der Waals surface area contributed by atoms with Crippen molar-refractivity contribution in [1.29, 1.82) is 0 Å². The van der Waals surface area contributed by atoms with Crippen molar-refractivity contribution in [3.8, 4) is 17.6 Å². The minimum Gasteiger partial charge on any atom is -0.490 e. The number of aromatic nitrogens is 2. The first-order valence-corrected chi connectivity index (χ1v) is 13.0. The summed E-state index contributed by atoms with van der Waals surface area (Å²) in [6.07, 6.45) is 8.80. The summed E-state index contributed by atoms with van der Waals surface area (Å²) in [4.78, 5) is 36.4. The quantitative estimate of drug-likeness (QED) is 0.474. The van der Waals surface area contributed by atoms with Gasteiger partial charge in [0.15, 0.2) is 5.75 Å². The van der Waals surface area contributed by atoms with Gasteiger partial charge in [0.25, 0.3) is 0 Å². The van der Waals surface area contributed by atoms with Crippen molar-refractivity contribution in [1.82, 2.24) is 9.97 Å². The molecule has 0 radical (unpaired) electrons. The highest BCUT2D eigenvalue weighted by atomic mass is 32.1. The summed E-state index contributed by atoms with van der Waals surface area (Å²) < 4.78 is 5.76. The first-order valence-electron chi connectivity index (χ1n) is 12.2. The number of amides is 1. The molecule has 1 saturated carbocycles. The lowest BCUT2D eigenvalue weighted by Crippen LogP contribution is -2.44. The zero-order chi connectivity index (χ0) is 25.6. The number of carboxylic acids is 1. The zero-order valence-corrected chi connectivity index (χ0v) is 22.0. The van der Waals surface area contributed by atoms with Crippen LogP contribution < -0.4 is 9.64 Å². The summed E-state index contributed by atoms with van der Waals surface area (Å²) in [6, 6.07) is 1.50. The molecule has 7 nitrogen and oxygen atoms in total. The number of hydrogen-bond donors (Lipinski definition) is 1. The van der Waals surface area contributed by atoms with E-state index in [1.54, 1.807) is 23.4 Å². The van der Waals surface area contributed by atoms with Crippen LogP contribution in [0, 0.1) is 29.1 Å². The van der Waals surface area contributed by atoms with Gasteiger partial charge in [0.05, 0.1) is 29.6 Å². The molecular weight excluding hydrogens is 462 g/mol. The van der Waals surface area contributed by atoms with E-state index in [2.05, 4.69) is 28.7 Å². The van der Waals surface area contributed by atoms with E-state index >= 15 is 0 Å². The summed E-state index contributed by atoms with van der Waals surface area (Å²) in [5.41, 5.74) is 0.216. The topological polar surface area (TPSA) is 92.6 Å². The lowest BCUT2D eigenvalue weighted by Gasteiger charge is -2.34. The Labute approximate surface area is 211 Å². The normalized spacial score (nSPS) is 18.8. The highest BCUT2D eigenvalue weighted by molar-refractivity contribution is 7.15. The Bertz CT molecular complexity index is 1070. The molecule has 0 bridgehead atoms. The smallest absolute Gasteiger partial charge is 0.348 e. The van der Waals surface area contributed by atoms with Gasteiger partial charge in [0.1, 0.15) is 11.2 Å². The predicted octanol–water partition coefficient (Wildman–Crippen LogP) is 5.65. The van der Waals surface area contributed by atoms with E-state index in [1.165, 1.54) is 6.33 Å². The van der Waals surface area contributed by atoms with Crippen LogP contribution in [0.15, 0.2) is 24.8 Å². The summed E-state index contributed by atoms with van der Waals surface area (Å²) in [5, 5.41) is 9.98. The lowest BCUT2D eigenvalue weighted by atomic mass is 9.82. The van der Waals surface area contributed by atoms with E-state index < -0.39 is 5.97 Å². The summed E-state index contributed by atoms with van der Waals surface area (Å²) in [5.74, 6) is 6.28. The van der Waals surface area contributed by atoms with Crippen LogP contribution in [-0.4, -0.2) is 39.6 Å². The molecule has 0 aliphatic heterocycles. The molecule has 0 aromatic carbocycles. The number of aromatic carboxylic acids is 1. The van der Waals surface area contributed by atoms with Crippen LogP contribution in [0.3, 0.4) is 0 Å². The van der Waals surface area contributed by atoms with E-state index in [4.69, 9.17) is 4.74 Å². The van der Waals surface area contributed by atoms with E-state index in [0.717, 1.165) is 37.0 Å². The van der Waals surface area contributed by atoms with Crippen molar-refractivity contribution in [2.24, 2.45) is 17.3 Å². The molecule has 1 fully saturated rings. The molecule has 2 heterocycles. The molecule has 35 heavy (non-hydrogen) atoms. The molecule has 0 spiro atoms. The molecule has 8 heteroatoms. The summed E-state index contributed by atoms with van der Waals surface area (Å²) in [7, 11) is 0. The van der Waals surface area contributed by atoms with E-state index in [9.17, 15) is 14.7 Å². The Hall–Kier alpha value is -2.92. The van der Waals surface area contributed by atoms with Gasteiger partial charge in [-0.05, 0) is 65.4 Å². The monoisotopic (exact) mass is 497 g/mol. The van der Waals surface area contributed by atoms with E-state index in [0.29, 0.717) is 35.3 Å². The molecule has 188 valence electrons. The average molecular weight is 498 g/mol. The van der Waals surface area contributed by atoms with Crippen molar-refractivity contribution in [2.75, 3.05) is 11.5 Å². The van der Waals surface area contributed by atoms with E-state index in [-0.39, 0.29) is 28.2 Å². The van der Waals surface area contributed by atoms with Gasteiger partial charge in [0.2, 0.25) is 5.91 Å². The van der Waals surface area contributed by atoms with Crippen LogP contribution in [0.1, 0.15) is 81.3 Å². The highest BCUT2D eigenvalue weighted by Gasteiger charge is 2.34. The largest absolute Gasteiger partial charge is 0.490 e. The second-order valence-corrected chi connectivity index (χ2v) is 11.4. The van der Waals surface area contributed by atoms with Gasteiger partial charge < -0.3 is 14.7 Å². The second kappa shape index (κ2) is 11.7. The average Bonchev–Trinajstić information content (AvgIpc) is 3.23. The number of rotatable bonds is 8. The maximum Gasteiger partial charge on any atom is 0.348 e. The van der Waals surface area contributed by atoms with Crippen molar-refractivity contribution >= 4 is 28.9 Å². The maximum absolute atomic E-state index is 13.8. The molecule has 1 N–H and O–H groups in total. The molecular formula is C27H35N3O4S. The Balaban J connectivity index is 1.90. The molecule has 1 amide bonds. The van der Waals surface area contributed by atoms with Gasteiger partial charge >= 0.3 is 5.97 Å². The summed E-state index contributed by atoms with van der Waals surface area (Å²) >= 11 is 1.12. The van der Waals surface area contributed by atoms with Crippen molar-refractivity contribution < 1.29 is 19.4 Å². The fourth-order valence-electron chi connectivity index (χ4n) is 4.14. The van der Waals surface area contributed by atoms with E-state index in [1.807, 2.05) is 27.7 Å². The number of hydrogen-bond acceptors (Lipinski definition) is 6. The third kappa shape index (κ3) is 7.53. The van der Waals surface area contributed by atoms with Crippen LogP contribution in [0.25, 0.3) is 0 Å². The van der Waals surface area contributed by atoms with Gasteiger partial charge in [0, 0.05) is 23.8 Å². The molecule has 1 atom stereocenters. The number of ether oxygens (including phenoxy) is 1. The lowest BCUT2D eigenvalue weighted by molar-refractivity contribution is -0.124. The minimum atomic E-state index is -1.05. The molecule has 0 saturated heterocycles. The van der Waals surface area contributed by atoms with Gasteiger partial charge in [-0.3, -0.25) is 4.79 Å². The van der Waals surface area contributed by atoms with Crippen LogP contribution in [0.5, 0.6) is 5.75 Å². The first-order chi connectivity index (χ1) is 16.5. The number of anilines is 1. The Kier molecular flexibility index (Phi) is 8.90. The van der Waals surface area contributed by atoms with Gasteiger partial charge in [-0.15, -0.1) is 11.3 Å². The minimum absolute atomic E-state index is 0.0110. The number of carbonyl (C=O) groups excluding carboxylic acids is 1. The number of carbonyl (C=O) groups is 2. The molecule has 3 rings (SSSR count). The summed E-state index contributed by atoms with van der Waals surface area (Å²) in [6.45, 7) is 10.5. The van der Waals surface area contributed by atoms with Crippen LogP contribution in [0.2, 0.25) is 0 Å². The Morgan fingerprint density at radius 1 is 1.23 bits per heavy atom. The number of nitrogens with zero attached hydrogens (tertiary/aromatic N) is 3. The fourth-order valence-corrected chi connectivity index (χ4v) is 4.98. The Morgan fingerprint density at radius 3 is 2.49 bits per heavy atom. The number of thiophene rings is 1. The highest BCUT2D eigenvalue weighted by Crippen LogP contribution is 2.36. The predicted molar refractivity (Wildman–Crippen MR) is 138 cm³/mol. The fraction of sp³-hybridized carbons (Fsp3) is 0.556.